The highest BCUT2D eigenvalue weighted by atomic mass is 16.5. The number of fused-ring (bicyclic) bond motifs is 1. The van der Waals surface area contributed by atoms with E-state index in [4.69, 9.17) is 5.11 Å². The minimum atomic E-state index is -1.26. The van der Waals surface area contributed by atoms with Crippen LogP contribution in [0.5, 0.6) is 0 Å². The normalized spacial score (nSPS) is 15.1. The zero-order chi connectivity index (χ0) is 15.4. The van der Waals surface area contributed by atoms with Gasteiger partial charge in [0.25, 0.3) is 0 Å². The Labute approximate surface area is 122 Å². The van der Waals surface area contributed by atoms with E-state index in [1.165, 1.54) is 7.11 Å². The molecule has 21 heavy (non-hydrogen) atoms. The highest BCUT2D eigenvalue weighted by Crippen LogP contribution is 2.26. The Kier molecular flexibility index (Phi) is 4.57. The van der Waals surface area contributed by atoms with E-state index in [0.29, 0.717) is 12.8 Å². The number of hydrogen-bond donors (Lipinski definition) is 2. The van der Waals surface area contributed by atoms with E-state index < -0.39 is 18.0 Å². The van der Waals surface area contributed by atoms with E-state index in [1.807, 2.05) is 24.3 Å². The summed E-state index contributed by atoms with van der Waals surface area (Å²) in [6.45, 7) is 0. The molecule has 0 aliphatic heterocycles. The standard InChI is InChI=1S/C15H17NO5/c1-21-13(17)8-12(15(19)20)16-14(18)11-6-9-4-2-3-5-10(9)7-11/h2-5,11-12H,6-8H2,1H3,(H,16,18)(H,19,20)/t12-/m0/s1. The Bertz CT molecular complexity index is 544. The minimum absolute atomic E-state index is 0.290. The maximum Gasteiger partial charge on any atom is 0.326 e. The molecule has 2 N–H and O–H groups in total. The molecule has 0 spiro atoms. The first-order chi connectivity index (χ1) is 10.0. The molecule has 112 valence electrons. The molecular formula is C15H17NO5. The van der Waals surface area contributed by atoms with Crippen LogP contribution in [0.3, 0.4) is 0 Å². The van der Waals surface area contributed by atoms with E-state index in [1.54, 1.807) is 0 Å². The van der Waals surface area contributed by atoms with Gasteiger partial charge in [-0.05, 0) is 24.0 Å². The first-order valence-electron chi connectivity index (χ1n) is 6.68. The van der Waals surface area contributed by atoms with Gasteiger partial charge in [0.1, 0.15) is 6.04 Å². The van der Waals surface area contributed by atoms with Gasteiger partial charge in [-0.1, -0.05) is 24.3 Å². The quantitative estimate of drug-likeness (QED) is 0.772. The topological polar surface area (TPSA) is 92.7 Å². The van der Waals surface area contributed by atoms with Gasteiger partial charge >= 0.3 is 11.9 Å². The van der Waals surface area contributed by atoms with Crippen molar-refractivity contribution in [3.63, 3.8) is 0 Å². The summed E-state index contributed by atoms with van der Waals surface area (Å²) in [7, 11) is 1.18. The fourth-order valence-electron chi connectivity index (χ4n) is 2.48. The van der Waals surface area contributed by atoms with Crippen molar-refractivity contribution in [1.29, 1.82) is 0 Å². The molecule has 1 amide bonds. The summed E-state index contributed by atoms with van der Waals surface area (Å²) >= 11 is 0. The molecule has 0 aromatic heterocycles. The second kappa shape index (κ2) is 6.39. The van der Waals surface area contributed by atoms with Gasteiger partial charge in [-0.2, -0.15) is 0 Å². The number of carbonyl (C=O) groups excluding carboxylic acids is 2. The molecular weight excluding hydrogens is 274 g/mol. The second-order valence-corrected chi connectivity index (χ2v) is 5.05. The Morgan fingerprint density at radius 2 is 1.86 bits per heavy atom. The molecule has 0 unspecified atom stereocenters. The largest absolute Gasteiger partial charge is 0.480 e. The number of carboxylic acids is 1. The van der Waals surface area contributed by atoms with E-state index >= 15 is 0 Å². The van der Waals surface area contributed by atoms with Crippen LogP contribution in [0, 0.1) is 5.92 Å². The van der Waals surface area contributed by atoms with Crippen LogP contribution in [-0.2, 0) is 32.0 Å². The van der Waals surface area contributed by atoms with Crippen LogP contribution in [-0.4, -0.2) is 36.1 Å². The number of rotatable bonds is 5. The fourth-order valence-corrected chi connectivity index (χ4v) is 2.48. The summed E-state index contributed by atoms with van der Waals surface area (Å²) in [6, 6.07) is 6.50. The van der Waals surface area contributed by atoms with Crippen LogP contribution in [0.4, 0.5) is 0 Å². The summed E-state index contributed by atoms with van der Waals surface area (Å²) in [4.78, 5) is 34.4. The summed E-state index contributed by atoms with van der Waals surface area (Å²) in [5.41, 5.74) is 2.22. The van der Waals surface area contributed by atoms with Crippen molar-refractivity contribution in [2.75, 3.05) is 7.11 Å². The molecule has 1 atom stereocenters. The first kappa shape index (κ1) is 15.0. The molecule has 6 heteroatoms. The third-order valence-electron chi connectivity index (χ3n) is 3.63. The summed E-state index contributed by atoms with van der Waals surface area (Å²) in [5, 5.41) is 11.5. The van der Waals surface area contributed by atoms with Crippen molar-refractivity contribution in [3.05, 3.63) is 35.4 Å². The van der Waals surface area contributed by atoms with Gasteiger partial charge in [0.2, 0.25) is 5.91 Å². The highest BCUT2D eigenvalue weighted by Gasteiger charge is 2.31. The SMILES string of the molecule is COC(=O)C[C@H](NC(=O)C1Cc2ccccc2C1)C(=O)O. The molecule has 0 fully saturated rings. The lowest BCUT2D eigenvalue weighted by Crippen LogP contribution is -2.45. The number of ether oxygens (including phenoxy) is 1. The van der Waals surface area contributed by atoms with Gasteiger partial charge in [-0.25, -0.2) is 4.79 Å². The van der Waals surface area contributed by atoms with Crippen LogP contribution in [0.15, 0.2) is 24.3 Å². The molecule has 6 nitrogen and oxygen atoms in total. The van der Waals surface area contributed by atoms with Crippen molar-refractivity contribution in [3.8, 4) is 0 Å². The van der Waals surface area contributed by atoms with Crippen LogP contribution in [0.1, 0.15) is 17.5 Å². The summed E-state index contributed by atoms with van der Waals surface area (Å²) in [5.74, 6) is -2.55. The average molecular weight is 291 g/mol. The van der Waals surface area contributed by atoms with Crippen molar-refractivity contribution in [2.45, 2.75) is 25.3 Å². The molecule has 0 heterocycles. The lowest BCUT2D eigenvalue weighted by Gasteiger charge is -2.16. The number of benzene rings is 1. The molecule has 2 rings (SSSR count). The Balaban J connectivity index is 1.98. The maximum atomic E-state index is 12.2. The molecule has 1 aromatic carbocycles. The molecule has 1 aliphatic carbocycles. The average Bonchev–Trinajstić information content (AvgIpc) is 2.90. The smallest absolute Gasteiger partial charge is 0.326 e. The lowest BCUT2D eigenvalue weighted by atomic mass is 10.0. The lowest BCUT2D eigenvalue weighted by molar-refractivity contribution is -0.149. The van der Waals surface area contributed by atoms with E-state index in [2.05, 4.69) is 10.1 Å². The van der Waals surface area contributed by atoms with Gasteiger partial charge in [-0.3, -0.25) is 9.59 Å². The van der Waals surface area contributed by atoms with E-state index in [9.17, 15) is 14.4 Å². The van der Waals surface area contributed by atoms with E-state index in [0.717, 1.165) is 11.1 Å². The number of hydrogen-bond acceptors (Lipinski definition) is 4. The Morgan fingerprint density at radius 1 is 1.29 bits per heavy atom. The zero-order valence-electron chi connectivity index (χ0n) is 11.7. The first-order valence-corrected chi connectivity index (χ1v) is 6.68. The Hall–Kier alpha value is -2.37. The monoisotopic (exact) mass is 291 g/mol. The molecule has 0 saturated heterocycles. The van der Waals surface area contributed by atoms with Crippen LogP contribution in [0.2, 0.25) is 0 Å². The summed E-state index contributed by atoms with van der Waals surface area (Å²) in [6.07, 6.45) is 0.802. The molecule has 0 saturated carbocycles. The molecule has 0 radical (unpaired) electrons. The maximum absolute atomic E-state index is 12.2. The van der Waals surface area contributed by atoms with Gasteiger partial charge in [0.05, 0.1) is 13.5 Å². The third-order valence-corrected chi connectivity index (χ3v) is 3.63. The third kappa shape index (κ3) is 3.59. The number of carboxylic acid groups (broad SMARTS) is 1. The number of aliphatic carboxylic acids is 1. The van der Waals surface area contributed by atoms with Crippen molar-refractivity contribution in [2.24, 2.45) is 5.92 Å². The number of nitrogens with one attached hydrogen (secondary N) is 1. The van der Waals surface area contributed by atoms with Crippen LogP contribution >= 0.6 is 0 Å². The number of carbonyl (C=O) groups is 3. The second-order valence-electron chi connectivity index (χ2n) is 5.05. The van der Waals surface area contributed by atoms with Crippen LogP contribution in [0.25, 0.3) is 0 Å². The van der Waals surface area contributed by atoms with E-state index in [-0.39, 0.29) is 18.2 Å². The Morgan fingerprint density at radius 3 is 2.33 bits per heavy atom. The van der Waals surface area contributed by atoms with Gasteiger partial charge in [0, 0.05) is 5.92 Å². The predicted molar refractivity (Wildman–Crippen MR) is 73.5 cm³/mol. The summed E-state index contributed by atoms with van der Waals surface area (Å²) < 4.78 is 4.44. The highest BCUT2D eigenvalue weighted by molar-refractivity contribution is 5.88. The zero-order valence-corrected chi connectivity index (χ0v) is 11.7. The van der Waals surface area contributed by atoms with Crippen LogP contribution < -0.4 is 5.32 Å². The molecule has 0 bridgehead atoms. The minimum Gasteiger partial charge on any atom is -0.480 e. The van der Waals surface area contributed by atoms with Crippen molar-refractivity contribution >= 4 is 17.8 Å². The fraction of sp³-hybridized carbons (Fsp3) is 0.400. The van der Waals surface area contributed by atoms with Gasteiger partial charge in [-0.15, -0.1) is 0 Å². The van der Waals surface area contributed by atoms with Gasteiger partial charge in [0.15, 0.2) is 0 Å². The van der Waals surface area contributed by atoms with Crippen molar-refractivity contribution < 1.29 is 24.2 Å². The van der Waals surface area contributed by atoms with Crippen molar-refractivity contribution in [1.82, 2.24) is 5.32 Å². The predicted octanol–water partition coefficient (Wildman–Crippen LogP) is 0.534. The molecule has 1 aliphatic rings. The molecule has 1 aromatic rings. The number of amides is 1. The number of esters is 1. The number of methoxy groups -OCH3 is 1. The van der Waals surface area contributed by atoms with Gasteiger partial charge < -0.3 is 15.2 Å².